The highest BCUT2D eigenvalue weighted by Crippen LogP contribution is 2.24. The van der Waals surface area contributed by atoms with E-state index in [0.29, 0.717) is 0 Å². The van der Waals surface area contributed by atoms with E-state index in [0.717, 1.165) is 6.54 Å². The molecule has 0 unspecified atom stereocenters. The van der Waals surface area contributed by atoms with Crippen molar-refractivity contribution in [2.45, 2.75) is 0 Å². The normalized spacial score (nSPS) is 31.4. The van der Waals surface area contributed by atoms with E-state index in [2.05, 4.69) is 41.8 Å². The summed E-state index contributed by atoms with van der Waals surface area (Å²) in [5.41, 5.74) is 2.62. The highest BCUT2D eigenvalue weighted by Gasteiger charge is 2.38. The number of piperazine rings is 3. The van der Waals surface area contributed by atoms with Crippen molar-refractivity contribution in [3.05, 3.63) is 42.5 Å². The molecule has 0 amide bonds. The molecule has 4 rings (SSSR count). The highest BCUT2D eigenvalue weighted by atomic mass is 15.4. The second-order valence-electron chi connectivity index (χ2n) is 5.48. The Morgan fingerprint density at radius 1 is 1.06 bits per heavy atom. The highest BCUT2D eigenvalue weighted by molar-refractivity contribution is 5.63. The van der Waals surface area contributed by atoms with Crippen LogP contribution in [0.5, 0.6) is 0 Å². The molecule has 0 aromatic heterocycles. The molecule has 0 spiro atoms. The van der Waals surface area contributed by atoms with E-state index in [1.807, 2.05) is 0 Å². The van der Waals surface area contributed by atoms with Gasteiger partial charge in [-0.25, -0.2) is 0 Å². The zero-order chi connectivity index (χ0) is 11.7. The van der Waals surface area contributed by atoms with E-state index < -0.39 is 0 Å². The number of rotatable bonds is 3. The van der Waals surface area contributed by atoms with E-state index in [9.17, 15) is 0 Å². The SMILES string of the molecule is C=C(C[N+]12CCN(CC1)CC2)c1ccccc1. The first-order valence-corrected chi connectivity index (χ1v) is 6.58. The molecule has 3 fully saturated rings. The molecule has 1 aromatic rings. The van der Waals surface area contributed by atoms with Crippen molar-refractivity contribution in [3.63, 3.8) is 0 Å². The quantitative estimate of drug-likeness (QED) is 0.715. The van der Waals surface area contributed by atoms with Crippen LogP contribution in [0.25, 0.3) is 5.57 Å². The minimum absolute atomic E-state index is 1.14. The first kappa shape index (κ1) is 11.0. The zero-order valence-electron chi connectivity index (χ0n) is 10.4. The fourth-order valence-corrected chi connectivity index (χ4v) is 3.14. The third kappa shape index (κ3) is 2.15. The van der Waals surface area contributed by atoms with Crippen LogP contribution in [-0.4, -0.2) is 55.2 Å². The Morgan fingerprint density at radius 2 is 1.65 bits per heavy atom. The van der Waals surface area contributed by atoms with Gasteiger partial charge >= 0.3 is 0 Å². The van der Waals surface area contributed by atoms with E-state index in [1.165, 1.54) is 54.9 Å². The maximum Gasteiger partial charge on any atom is 0.104 e. The molecular weight excluding hydrogens is 208 g/mol. The van der Waals surface area contributed by atoms with Crippen LogP contribution in [0.15, 0.2) is 36.9 Å². The lowest BCUT2D eigenvalue weighted by Gasteiger charge is -2.50. The first-order chi connectivity index (χ1) is 8.27. The minimum atomic E-state index is 1.14. The Kier molecular flexibility index (Phi) is 2.77. The van der Waals surface area contributed by atoms with Crippen LogP contribution in [-0.2, 0) is 0 Å². The average molecular weight is 229 g/mol. The van der Waals surface area contributed by atoms with E-state index in [4.69, 9.17) is 0 Å². The summed E-state index contributed by atoms with van der Waals surface area (Å²) >= 11 is 0. The van der Waals surface area contributed by atoms with Crippen molar-refractivity contribution in [3.8, 4) is 0 Å². The molecule has 0 N–H and O–H groups in total. The second-order valence-corrected chi connectivity index (χ2v) is 5.48. The number of nitrogens with zero attached hydrogens (tertiary/aromatic N) is 2. The molecule has 17 heavy (non-hydrogen) atoms. The van der Waals surface area contributed by atoms with Crippen molar-refractivity contribution in [2.75, 3.05) is 45.8 Å². The number of quaternary nitrogens is 1. The summed E-state index contributed by atoms with van der Waals surface area (Å²) in [6.07, 6.45) is 0. The molecule has 0 aliphatic carbocycles. The van der Waals surface area contributed by atoms with Gasteiger partial charge < -0.3 is 4.48 Å². The number of benzene rings is 1. The van der Waals surface area contributed by atoms with Gasteiger partial charge in [0.25, 0.3) is 0 Å². The summed E-state index contributed by atoms with van der Waals surface area (Å²) in [4.78, 5) is 2.59. The predicted octanol–water partition coefficient (Wildman–Crippen LogP) is 1.85. The van der Waals surface area contributed by atoms with Gasteiger partial charge in [0.05, 0.1) is 19.6 Å². The molecule has 2 nitrogen and oxygen atoms in total. The molecule has 1 aromatic carbocycles. The number of hydrogen-bond donors (Lipinski definition) is 0. The molecule has 0 saturated carbocycles. The van der Waals surface area contributed by atoms with Crippen molar-refractivity contribution in [2.24, 2.45) is 0 Å². The van der Waals surface area contributed by atoms with Crippen LogP contribution in [0.2, 0.25) is 0 Å². The Labute approximate surface area is 104 Å². The number of fused-ring (bicyclic) bond motifs is 3. The van der Waals surface area contributed by atoms with Gasteiger partial charge in [0.15, 0.2) is 0 Å². The molecule has 90 valence electrons. The Balaban J connectivity index is 1.72. The van der Waals surface area contributed by atoms with Crippen molar-refractivity contribution in [1.82, 2.24) is 4.90 Å². The molecule has 3 aliphatic rings. The second kappa shape index (κ2) is 4.28. The Bertz CT molecular complexity index is 388. The fraction of sp³-hybridized carbons (Fsp3) is 0.467. The van der Waals surface area contributed by atoms with Crippen molar-refractivity contribution < 1.29 is 4.48 Å². The lowest BCUT2D eigenvalue weighted by molar-refractivity contribution is -0.934. The molecule has 3 saturated heterocycles. The molecule has 0 radical (unpaired) electrons. The summed E-state index contributed by atoms with van der Waals surface area (Å²) < 4.78 is 1.27. The molecule has 3 aliphatic heterocycles. The van der Waals surface area contributed by atoms with Crippen LogP contribution < -0.4 is 0 Å². The maximum absolute atomic E-state index is 4.30. The summed E-state index contributed by atoms with van der Waals surface area (Å²) in [7, 11) is 0. The van der Waals surface area contributed by atoms with Gasteiger partial charge in [-0.1, -0.05) is 36.9 Å². The van der Waals surface area contributed by atoms with Gasteiger partial charge in [-0.3, -0.25) is 4.90 Å². The van der Waals surface area contributed by atoms with Gasteiger partial charge in [0.2, 0.25) is 0 Å². The van der Waals surface area contributed by atoms with Crippen LogP contribution >= 0.6 is 0 Å². The summed E-state index contributed by atoms with van der Waals surface area (Å²) in [5.74, 6) is 0. The molecule has 3 heterocycles. The fourth-order valence-electron chi connectivity index (χ4n) is 3.14. The average Bonchev–Trinajstić information content (AvgIpc) is 2.41. The Hall–Kier alpha value is -1.12. The summed E-state index contributed by atoms with van der Waals surface area (Å²) in [5, 5.41) is 0. The van der Waals surface area contributed by atoms with Gasteiger partial charge in [0, 0.05) is 25.2 Å². The van der Waals surface area contributed by atoms with Crippen molar-refractivity contribution >= 4 is 5.57 Å². The van der Waals surface area contributed by atoms with Gasteiger partial charge in [-0.05, 0) is 5.56 Å². The lowest BCUT2D eigenvalue weighted by Crippen LogP contribution is -2.67. The van der Waals surface area contributed by atoms with E-state index >= 15 is 0 Å². The van der Waals surface area contributed by atoms with E-state index in [1.54, 1.807) is 0 Å². The van der Waals surface area contributed by atoms with Crippen LogP contribution in [0.1, 0.15) is 5.56 Å². The summed E-state index contributed by atoms with van der Waals surface area (Å²) in [6, 6.07) is 10.6. The molecule has 2 bridgehead atoms. The topological polar surface area (TPSA) is 3.24 Å². The van der Waals surface area contributed by atoms with Crippen LogP contribution in [0, 0.1) is 0 Å². The zero-order valence-corrected chi connectivity index (χ0v) is 10.4. The lowest BCUT2D eigenvalue weighted by atomic mass is 10.0. The Morgan fingerprint density at radius 3 is 2.24 bits per heavy atom. The van der Waals surface area contributed by atoms with E-state index in [-0.39, 0.29) is 0 Å². The third-order valence-corrected chi connectivity index (χ3v) is 4.38. The van der Waals surface area contributed by atoms with Crippen LogP contribution in [0.4, 0.5) is 0 Å². The first-order valence-electron chi connectivity index (χ1n) is 6.58. The minimum Gasteiger partial charge on any atom is -0.317 e. The third-order valence-electron chi connectivity index (χ3n) is 4.38. The predicted molar refractivity (Wildman–Crippen MR) is 71.6 cm³/mol. The van der Waals surface area contributed by atoms with Crippen molar-refractivity contribution in [1.29, 1.82) is 0 Å². The van der Waals surface area contributed by atoms with Gasteiger partial charge in [0.1, 0.15) is 6.54 Å². The molecular formula is C15H21N2+. The molecule has 2 heteroatoms. The van der Waals surface area contributed by atoms with Gasteiger partial charge in [-0.2, -0.15) is 0 Å². The largest absolute Gasteiger partial charge is 0.317 e. The smallest absolute Gasteiger partial charge is 0.104 e. The van der Waals surface area contributed by atoms with Gasteiger partial charge in [-0.15, -0.1) is 0 Å². The van der Waals surface area contributed by atoms with Crippen LogP contribution in [0.3, 0.4) is 0 Å². The summed E-state index contributed by atoms with van der Waals surface area (Å²) in [6.45, 7) is 13.2. The standard InChI is InChI=1S/C15H21N2/c1-14(15-5-3-2-4-6-15)13-17-10-7-16(8-11-17)9-12-17/h2-6H,1,7-13H2/q+1. The maximum atomic E-state index is 4.30. The number of hydrogen-bond acceptors (Lipinski definition) is 1. The molecule has 0 atom stereocenters. The monoisotopic (exact) mass is 229 g/mol.